The molecule has 0 unspecified atom stereocenters. The molecule has 0 aliphatic rings. The van der Waals surface area contributed by atoms with Gasteiger partial charge in [-0.1, -0.05) is 13.8 Å². The molecule has 2 heterocycles. The molecule has 22 heavy (non-hydrogen) atoms. The van der Waals surface area contributed by atoms with E-state index in [2.05, 4.69) is 9.97 Å². The van der Waals surface area contributed by atoms with Gasteiger partial charge in [-0.25, -0.2) is 0 Å². The Labute approximate surface area is 128 Å². The predicted molar refractivity (Wildman–Crippen MR) is 79.3 cm³/mol. The Hall–Kier alpha value is -2.76. The summed E-state index contributed by atoms with van der Waals surface area (Å²) < 4.78 is 10.3. The smallest absolute Gasteiger partial charge is 0.310 e. The monoisotopic (exact) mass is 300 g/mol. The first-order valence-corrected chi connectivity index (χ1v) is 6.96. The van der Waals surface area contributed by atoms with E-state index in [1.54, 1.807) is 38.1 Å². The van der Waals surface area contributed by atoms with E-state index in [9.17, 15) is 9.59 Å². The van der Waals surface area contributed by atoms with Crippen LogP contribution in [0.5, 0.6) is 11.5 Å². The zero-order valence-corrected chi connectivity index (χ0v) is 12.4. The van der Waals surface area contributed by atoms with Crippen LogP contribution >= 0.6 is 0 Å². The van der Waals surface area contributed by atoms with Crippen LogP contribution in [0.1, 0.15) is 26.7 Å². The number of carbonyl (C=O) groups excluding carboxylic acids is 2. The maximum atomic E-state index is 11.3. The van der Waals surface area contributed by atoms with Crippen LogP contribution in [0.4, 0.5) is 0 Å². The largest absolute Gasteiger partial charge is 0.426 e. The Morgan fingerprint density at radius 2 is 1.27 bits per heavy atom. The number of ether oxygens (including phenoxy) is 2. The van der Waals surface area contributed by atoms with Crippen LogP contribution in [0.3, 0.4) is 0 Å². The number of esters is 2. The van der Waals surface area contributed by atoms with E-state index >= 15 is 0 Å². The SMILES string of the molecule is CCC(=O)Oc1ccnc(-c2cc(OC(=O)CC)ccn2)c1. The highest BCUT2D eigenvalue weighted by Crippen LogP contribution is 2.23. The minimum Gasteiger partial charge on any atom is -0.426 e. The van der Waals surface area contributed by atoms with Crippen molar-refractivity contribution in [2.75, 3.05) is 0 Å². The first-order valence-electron chi connectivity index (χ1n) is 6.96. The van der Waals surface area contributed by atoms with Crippen molar-refractivity contribution in [3.05, 3.63) is 36.7 Å². The van der Waals surface area contributed by atoms with Crippen LogP contribution in [0.25, 0.3) is 11.4 Å². The summed E-state index contributed by atoms with van der Waals surface area (Å²) in [4.78, 5) is 31.0. The highest BCUT2D eigenvalue weighted by Gasteiger charge is 2.08. The molecule has 114 valence electrons. The molecule has 0 fully saturated rings. The Balaban J connectivity index is 2.24. The summed E-state index contributed by atoms with van der Waals surface area (Å²) in [7, 11) is 0. The van der Waals surface area contributed by atoms with E-state index < -0.39 is 0 Å². The third kappa shape index (κ3) is 4.12. The summed E-state index contributed by atoms with van der Waals surface area (Å²) in [5.41, 5.74) is 1.05. The van der Waals surface area contributed by atoms with E-state index in [4.69, 9.17) is 9.47 Å². The quantitative estimate of drug-likeness (QED) is 0.790. The normalized spacial score (nSPS) is 10.1. The van der Waals surface area contributed by atoms with Crippen LogP contribution in [-0.2, 0) is 9.59 Å². The molecule has 6 heteroatoms. The lowest BCUT2D eigenvalue weighted by Gasteiger charge is -2.06. The fourth-order valence-corrected chi connectivity index (χ4v) is 1.64. The standard InChI is InChI=1S/C16H16N2O4/c1-3-15(19)21-11-5-7-17-13(9-11)14-10-12(6-8-18-14)22-16(20)4-2/h5-10H,3-4H2,1-2H3. The van der Waals surface area contributed by atoms with Gasteiger partial charge in [0.1, 0.15) is 11.5 Å². The predicted octanol–water partition coefficient (Wildman–Crippen LogP) is 2.77. The van der Waals surface area contributed by atoms with Gasteiger partial charge in [0, 0.05) is 37.4 Å². The van der Waals surface area contributed by atoms with E-state index in [1.165, 1.54) is 12.4 Å². The number of pyridine rings is 2. The molecule has 0 N–H and O–H groups in total. The number of rotatable bonds is 5. The van der Waals surface area contributed by atoms with Gasteiger partial charge in [-0.05, 0) is 12.1 Å². The Morgan fingerprint density at radius 3 is 1.64 bits per heavy atom. The van der Waals surface area contributed by atoms with Crippen molar-refractivity contribution in [3.8, 4) is 22.9 Å². The van der Waals surface area contributed by atoms with Crippen molar-refractivity contribution in [1.29, 1.82) is 0 Å². The van der Waals surface area contributed by atoms with E-state index in [0.717, 1.165) is 0 Å². The fourth-order valence-electron chi connectivity index (χ4n) is 1.64. The lowest BCUT2D eigenvalue weighted by atomic mass is 10.2. The molecule has 0 atom stereocenters. The van der Waals surface area contributed by atoms with Gasteiger partial charge in [-0.2, -0.15) is 0 Å². The van der Waals surface area contributed by atoms with Gasteiger partial charge < -0.3 is 9.47 Å². The van der Waals surface area contributed by atoms with Gasteiger partial charge in [0.15, 0.2) is 0 Å². The maximum absolute atomic E-state index is 11.3. The zero-order chi connectivity index (χ0) is 15.9. The van der Waals surface area contributed by atoms with Crippen molar-refractivity contribution in [1.82, 2.24) is 9.97 Å². The van der Waals surface area contributed by atoms with E-state index in [1.807, 2.05) is 0 Å². The average Bonchev–Trinajstić information content (AvgIpc) is 2.55. The molecule has 2 aromatic heterocycles. The first kappa shape index (κ1) is 15.6. The highest BCUT2D eigenvalue weighted by atomic mass is 16.5. The number of hydrogen-bond acceptors (Lipinski definition) is 6. The van der Waals surface area contributed by atoms with Crippen molar-refractivity contribution >= 4 is 11.9 Å². The number of nitrogens with zero attached hydrogens (tertiary/aromatic N) is 2. The molecule has 0 amide bonds. The molecule has 0 aromatic carbocycles. The molecular weight excluding hydrogens is 284 g/mol. The van der Waals surface area contributed by atoms with Crippen LogP contribution in [-0.4, -0.2) is 21.9 Å². The van der Waals surface area contributed by atoms with Crippen molar-refractivity contribution in [2.24, 2.45) is 0 Å². The number of aromatic nitrogens is 2. The van der Waals surface area contributed by atoms with Gasteiger partial charge in [0.05, 0.1) is 11.4 Å². The van der Waals surface area contributed by atoms with E-state index in [0.29, 0.717) is 35.7 Å². The van der Waals surface area contributed by atoms with Gasteiger partial charge >= 0.3 is 11.9 Å². The minimum atomic E-state index is -0.323. The lowest BCUT2D eigenvalue weighted by molar-refractivity contribution is -0.134. The van der Waals surface area contributed by atoms with Crippen LogP contribution in [0.2, 0.25) is 0 Å². The average molecular weight is 300 g/mol. The Morgan fingerprint density at radius 1 is 0.864 bits per heavy atom. The zero-order valence-electron chi connectivity index (χ0n) is 12.4. The molecule has 0 saturated heterocycles. The third-order valence-corrected chi connectivity index (χ3v) is 2.77. The molecular formula is C16H16N2O4. The van der Waals surface area contributed by atoms with Crippen LogP contribution < -0.4 is 9.47 Å². The maximum Gasteiger partial charge on any atom is 0.310 e. The van der Waals surface area contributed by atoms with Gasteiger partial charge in [-0.15, -0.1) is 0 Å². The fraction of sp³-hybridized carbons (Fsp3) is 0.250. The second kappa shape index (κ2) is 7.31. The van der Waals surface area contributed by atoms with Crippen LogP contribution in [0.15, 0.2) is 36.7 Å². The molecule has 0 saturated carbocycles. The molecule has 0 aliphatic heterocycles. The van der Waals surface area contributed by atoms with E-state index in [-0.39, 0.29) is 11.9 Å². The van der Waals surface area contributed by atoms with Gasteiger partial charge in [0.25, 0.3) is 0 Å². The molecule has 0 bridgehead atoms. The Bertz CT molecular complexity index is 626. The van der Waals surface area contributed by atoms with Gasteiger partial charge in [0.2, 0.25) is 0 Å². The summed E-state index contributed by atoms with van der Waals surface area (Å²) >= 11 is 0. The molecule has 0 aliphatic carbocycles. The molecule has 6 nitrogen and oxygen atoms in total. The Kier molecular flexibility index (Phi) is 5.19. The second-order valence-corrected chi connectivity index (χ2v) is 4.41. The molecule has 0 spiro atoms. The molecule has 2 aromatic rings. The third-order valence-electron chi connectivity index (χ3n) is 2.77. The second-order valence-electron chi connectivity index (χ2n) is 4.41. The summed E-state index contributed by atoms with van der Waals surface area (Å²) in [6.45, 7) is 3.44. The van der Waals surface area contributed by atoms with Crippen LogP contribution in [0, 0.1) is 0 Å². The minimum absolute atomic E-state index is 0.290. The molecule has 2 rings (SSSR count). The number of carbonyl (C=O) groups is 2. The summed E-state index contributed by atoms with van der Waals surface area (Å²) in [5.74, 6) is 0.149. The topological polar surface area (TPSA) is 78.4 Å². The van der Waals surface area contributed by atoms with Gasteiger partial charge in [-0.3, -0.25) is 19.6 Å². The summed E-state index contributed by atoms with van der Waals surface area (Å²) in [6.07, 6.45) is 3.64. The first-order chi connectivity index (χ1) is 10.6. The molecule has 0 radical (unpaired) electrons. The van der Waals surface area contributed by atoms with Crippen molar-refractivity contribution in [3.63, 3.8) is 0 Å². The lowest BCUT2D eigenvalue weighted by Crippen LogP contribution is -2.06. The summed E-state index contributed by atoms with van der Waals surface area (Å²) in [5, 5.41) is 0. The van der Waals surface area contributed by atoms with Crippen molar-refractivity contribution in [2.45, 2.75) is 26.7 Å². The summed E-state index contributed by atoms with van der Waals surface area (Å²) in [6, 6.07) is 6.42. The number of hydrogen-bond donors (Lipinski definition) is 0. The van der Waals surface area contributed by atoms with Crippen molar-refractivity contribution < 1.29 is 19.1 Å². The highest BCUT2D eigenvalue weighted by molar-refractivity contribution is 5.73.